The van der Waals surface area contributed by atoms with Gasteiger partial charge in [0.2, 0.25) is 5.91 Å². The summed E-state index contributed by atoms with van der Waals surface area (Å²) in [5, 5.41) is 12.0. The highest BCUT2D eigenvalue weighted by atomic mass is 79.9. The van der Waals surface area contributed by atoms with Crippen molar-refractivity contribution in [1.82, 2.24) is 9.88 Å². The number of halogens is 1. The number of carbonyl (C=O) groups is 2. The Morgan fingerprint density at radius 3 is 2.90 bits per heavy atom. The average Bonchev–Trinajstić information content (AvgIpc) is 2.98. The molecule has 1 aromatic heterocycles. The molecule has 1 unspecified atom stereocenters. The number of aromatic nitrogens is 1. The number of nitrogens with one attached hydrogen (secondary N) is 1. The molecule has 2 bridgehead atoms. The van der Waals surface area contributed by atoms with Crippen LogP contribution in [0.5, 0.6) is 0 Å². The van der Waals surface area contributed by atoms with Gasteiger partial charge in [-0.25, -0.2) is 9.78 Å². The van der Waals surface area contributed by atoms with Crippen LogP contribution >= 0.6 is 15.9 Å². The van der Waals surface area contributed by atoms with Crippen LogP contribution in [0.2, 0.25) is 0 Å². The van der Waals surface area contributed by atoms with Gasteiger partial charge < -0.3 is 10.4 Å². The van der Waals surface area contributed by atoms with Crippen LogP contribution in [0.4, 0.5) is 10.6 Å². The van der Waals surface area contributed by atoms with Crippen LogP contribution in [0.1, 0.15) is 19.3 Å². The van der Waals surface area contributed by atoms with Crippen LogP contribution in [-0.4, -0.2) is 39.1 Å². The number of amides is 2. The SMILES string of the molecule is O=C(Nc1cccc(Br)n1)[C@@H]1[C@H]2CCC(C2)N1C(=O)O. The molecular weight excluding hydrogens is 326 g/mol. The molecule has 20 heavy (non-hydrogen) atoms. The topological polar surface area (TPSA) is 82.5 Å². The lowest BCUT2D eigenvalue weighted by Crippen LogP contribution is -2.50. The minimum atomic E-state index is -1.01. The van der Waals surface area contributed by atoms with Gasteiger partial charge in [0, 0.05) is 6.04 Å². The van der Waals surface area contributed by atoms with Gasteiger partial charge in [0.1, 0.15) is 16.5 Å². The first-order valence-electron chi connectivity index (χ1n) is 6.51. The van der Waals surface area contributed by atoms with E-state index in [0.29, 0.717) is 10.4 Å². The number of pyridine rings is 1. The zero-order valence-corrected chi connectivity index (χ0v) is 12.2. The monoisotopic (exact) mass is 339 g/mol. The largest absolute Gasteiger partial charge is 0.465 e. The molecule has 2 aliphatic rings. The molecule has 2 fully saturated rings. The van der Waals surface area contributed by atoms with E-state index in [4.69, 9.17) is 0 Å². The van der Waals surface area contributed by atoms with Crippen LogP contribution in [0.25, 0.3) is 0 Å². The van der Waals surface area contributed by atoms with Crippen LogP contribution in [-0.2, 0) is 4.79 Å². The predicted molar refractivity (Wildman–Crippen MR) is 75.3 cm³/mol. The van der Waals surface area contributed by atoms with Gasteiger partial charge in [0.15, 0.2) is 0 Å². The average molecular weight is 340 g/mol. The van der Waals surface area contributed by atoms with Crippen molar-refractivity contribution < 1.29 is 14.7 Å². The van der Waals surface area contributed by atoms with E-state index < -0.39 is 12.1 Å². The lowest BCUT2D eigenvalue weighted by atomic mass is 9.98. The Balaban J connectivity index is 1.78. The van der Waals surface area contributed by atoms with Gasteiger partial charge in [-0.15, -0.1) is 0 Å². The molecule has 3 atom stereocenters. The molecule has 2 N–H and O–H groups in total. The first kappa shape index (κ1) is 13.4. The molecule has 2 amide bonds. The highest BCUT2D eigenvalue weighted by molar-refractivity contribution is 9.10. The van der Waals surface area contributed by atoms with Gasteiger partial charge in [-0.3, -0.25) is 9.69 Å². The second kappa shape index (κ2) is 5.05. The third kappa shape index (κ3) is 2.26. The Morgan fingerprint density at radius 1 is 1.40 bits per heavy atom. The first-order chi connectivity index (χ1) is 9.56. The van der Waals surface area contributed by atoms with Gasteiger partial charge >= 0.3 is 6.09 Å². The van der Waals surface area contributed by atoms with E-state index in [9.17, 15) is 14.7 Å². The van der Waals surface area contributed by atoms with E-state index in [1.165, 1.54) is 4.90 Å². The number of carbonyl (C=O) groups excluding carboxylic acids is 1. The van der Waals surface area contributed by atoms with Crippen LogP contribution in [0, 0.1) is 5.92 Å². The summed E-state index contributed by atoms with van der Waals surface area (Å²) in [4.78, 5) is 29.1. The van der Waals surface area contributed by atoms with Crippen molar-refractivity contribution in [1.29, 1.82) is 0 Å². The van der Waals surface area contributed by atoms with Crippen molar-refractivity contribution in [3.05, 3.63) is 22.8 Å². The molecule has 0 spiro atoms. The number of anilines is 1. The van der Waals surface area contributed by atoms with E-state index in [0.717, 1.165) is 19.3 Å². The van der Waals surface area contributed by atoms with Gasteiger partial charge in [-0.1, -0.05) is 6.07 Å². The lowest BCUT2D eigenvalue weighted by molar-refractivity contribution is -0.122. The number of hydrogen-bond acceptors (Lipinski definition) is 3. The fraction of sp³-hybridized carbons (Fsp3) is 0.462. The molecule has 6 nitrogen and oxygen atoms in total. The molecule has 3 rings (SSSR count). The molecule has 2 heterocycles. The Morgan fingerprint density at radius 2 is 2.20 bits per heavy atom. The summed E-state index contributed by atoms with van der Waals surface area (Å²) in [7, 11) is 0. The Kier molecular flexibility index (Phi) is 3.37. The Bertz CT molecular complexity index is 566. The summed E-state index contributed by atoms with van der Waals surface area (Å²) < 4.78 is 0.623. The number of nitrogens with zero attached hydrogens (tertiary/aromatic N) is 2. The zero-order chi connectivity index (χ0) is 14.3. The standard InChI is InChI=1S/C13H14BrN3O3/c14-9-2-1-3-10(15-9)16-12(18)11-7-4-5-8(6-7)17(11)13(19)20/h1-3,7-8,11H,4-6H2,(H,19,20)(H,15,16,18)/t7-,8?,11-/m0/s1. The normalized spacial score (nSPS) is 27.6. The highest BCUT2D eigenvalue weighted by Crippen LogP contribution is 2.42. The van der Waals surface area contributed by atoms with E-state index in [2.05, 4.69) is 26.2 Å². The van der Waals surface area contributed by atoms with Gasteiger partial charge in [0.05, 0.1) is 0 Å². The minimum Gasteiger partial charge on any atom is -0.465 e. The second-order valence-corrected chi connectivity index (χ2v) is 6.01. The van der Waals surface area contributed by atoms with Gasteiger partial charge in [-0.2, -0.15) is 0 Å². The van der Waals surface area contributed by atoms with Crippen molar-refractivity contribution >= 4 is 33.7 Å². The number of piperidine rings is 1. The first-order valence-corrected chi connectivity index (χ1v) is 7.30. The maximum Gasteiger partial charge on any atom is 0.408 e. The summed E-state index contributed by atoms with van der Waals surface area (Å²) in [6, 6.07) is 4.61. The van der Waals surface area contributed by atoms with E-state index >= 15 is 0 Å². The van der Waals surface area contributed by atoms with Gasteiger partial charge in [-0.05, 0) is 53.2 Å². The molecule has 1 saturated carbocycles. The number of likely N-dealkylation sites (tertiary alicyclic amines) is 1. The fourth-order valence-electron chi connectivity index (χ4n) is 3.28. The lowest BCUT2D eigenvalue weighted by Gasteiger charge is -2.31. The maximum absolute atomic E-state index is 12.4. The molecule has 1 aliphatic heterocycles. The Hall–Kier alpha value is -1.63. The van der Waals surface area contributed by atoms with Crippen molar-refractivity contribution in [3.63, 3.8) is 0 Å². The van der Waals surface area contributed by atoms with E-state index in [1.807, 2.05) is 0 Å². The molecule has 1 saturated heterocycles. The third-order valence-electron chi connectivity index (χ3n) is 4.04. The van der Waals surface area contributed by atoms with E-state index in [1.54, 1.807) is 18.2 Å². The van der Waals surface area contributed by atoms with Crippen LogP contribution in [0.3, 0.4) is 0 Å². The van der Waals surface area contributed by atoms with Crippen molar-refractivity contribution in [2.24, 2.45) is 5.92 Å². The summed E-state index contributed by atoms with van der Waals surface area (Å²) in [5.41, 5.74) is 0. The Labute approximate surface area is 124 Å². The molecule has 0 radical (unpaired) electrons. The molecular formula is C13H14BrN3O3. The number of carboxylic acid groups (broad SMARTS) is 1. The number of rotatable bonds is 2. The molecule has 1 aliphatic carbocycles. The fourth-order valence-corrected chi connectivity index (χ4v) is 3.62. The molecule has 0 aromatic carbocycles. The van der Waals surface area contributed by atoms with Crippen molar-refractivity contribution in [2.45, 2.75) is 31.3 Å². The minimum absolute atomic E-state index is 0.0104. The maximum atomic E-state index is 12.4. The summed E-state index contributed by atoms with van der Waals surface area (Å²) in [6.45, 7) is 0. The second-order valence-electron chi connectivity index (χ2n) is 5.20. The van der Waals surface area contributed by atoms with Crippen molar-refractivity contribution in [3.8, 4) is 0 Å². The third-order valence-corrected chi connectivity index (χ3v) is 4.48. The summed E-state index contributed by atoms with van der Waals surface area (Å²) in [5.74, 6) is 0.269. The van der Waals surface area contributed by atoms with Gasteiger partial charge in [0.25, 0.3) is 0 Å². The van der Waals surface area contributed by atoms with Crippen LogP contribution < -0.4 is 5.32 Å². The summed E-state index contributed by atoms with van der Waals surface area (Å²) >= 11 is 3.24. The predicted octanol–water partition coefficient (Wildman–Crippen LogP) is 2.31. The molecule has 7 heteroatoms. The van der Waals surface area contributed by atoms with Crippen LogP contribution in [0.15, 0.2) is 22.8 Å². The zero-order valence-electron chi connectivity index (χ0n) is 10.6. The highest BCUT2D eigenvalue weighted by Gasteiger charge is 2.51. The number of hydrogen-bond donors (Lipinski definition) is 2. The smallest absolute Gasteiger partial charge is 0.408 e. The quantitative estimate of drug-likeness (QED) is 0.810. The molecule has 1 aromatic rings. The molecule has 106 valence electrons. The summed E-state index contributed by atoms with van der Waals surface area (Å²) in [6.07, 6.45) is 1.55. The van der Waals surface area contributed by atoms with Crippen molar-refractivity contribution in [2.75, 3.05) is 5.32 Å². The van der Waals surface area contributed by atoms with E-state index in [-0.39, 0.29) is 17.9 Å². The number of fused-ring (bicyclic) bond motifs is 2.